The van der Waals surface area contributed by atoms with Crippen molar-refractivity contribution < 1.29 is 17.9 Å². The molecule has 0 aliphatic rings. The Bertz CT molecular complexity index is 822. The van der Waals surface area contributed by atoms with E-state index in [-0.39, 0.29) is 10.8 Å². The lowest BCUT2D eigenvalue weighted by molar-refractivity contribution is -0.122. The van der Waals surface area contributed by atoms with E-state index < -0.39 is 15.9 Å². The minimum absolute atomic E-state index is 0.211. The number of hydrogen-bond donors (Lipinski definition) is 1. The van der Waals surface area contributed by atoms with Crippen molar-refractivity contribution in [3.8, 4) is 5.75 Å². The summed E-state index contributed by atoms with van der Waals surface area (Å²) in [7, 11) is -3.25. The smallest absolute Gasteiger partial charge is 0.265 e. The van der Waals surface area contributed by atoms with Gasteiger partial charge in [-0.05, 0) is 56.2 Å². The number of sulfone groups is 1. The van der Waals surface area contributed by atoms with Gasteiger partial charge in [-0.15, -0.1) is 0 Å². The molecule has 2 aromatic rings. The van der Waals surface area contributed by atoms with Gasteiger partial charge in [0.2, 0.25) is 0 Å². The molecular formula is C18H21NO4S. The molecule has 0 aliphatic heterocycles. The van der Waals surface area contributed by atoms with Crippen molar-refractivity contribution >= 4 is 21.4 Å². The Hall–Kier alpha value is -2.34. The van der Waals surface area contributed by atoms with E-state index in [1.807, 2.05) is 32.0 Å². The van der Waals surface area contributed by atoms with E-state index in [9.17, 15) is 13.2 Å². The third kappa shape index (κ3) is 4.35. The quantitative estimate of drug-likeness (QED) is 0.902. The summed E-state index contributed by atoms with van der Waals surface area (Å²) >= 11 is 0. The van der Waals surface area contributed by atoms with E-state index in [0.717, 1.165) is 23.1 Å². The highest BCUT2D eigenvalue weighted by molar-refractivity contribution is 7.90. The summed E-state index contributed by atoms with van der Waals surface area (Å²) in [6.45, 7) is 5.50. The molecule has 0 fully saturated rings. The molecule has 0 radical (unpaired) electrons. The molecule has 24 heavy (non-hydrogen) atoms. The number of anilines is 1. The van der Waals surface area contributed by atoms with Crippen LogP contribution in [0.1, 0.15) is 18.1 Å². The number of carbonyl (C=O) groups is 1. The van der Waals surface area contributed by atoms with Crippen LogP contribution in [0.2, 0.25) is 0 Å². The molecule has 0 saturated heterocycles. The van der Waals surface area contributed by atoms with Crippen LogP contribution < -0.4 is 10.1 Å². The van der Waals surface area contributed by atoms with Crippen LogP contribution in [-0.4, -0.2) is 26.7 Å². The largest absolute Gasteiger partial charge is 0.481 e. The minimum Gasteiger partial charge on any atom is -0.481 e. The summed E-state index contributed by atoms with van der Waals surface area (Å²) < 4.78 is 28.5. The maximum atomic E-state index is 12.3. The molecule has 1 N–H and O–H groups in total. The van der Waals surface area contributed by atoms with Gasteiger partial charge in [-0.3, -0.25) is 4.79 Å². The molecular weight excluding hydrogens is 326 g/mol. The number of aryl methyl sites for hydroxylation is 2. The van der Waals surface area contributed by atoms with Gasteiger partial charge in [-0.25, -0.2) is 8.42 Å². The molecule has 1 unspecified atom stereocenters. The van der Waals surface area contributed by atoms with Crippen molar-refractivity contribution in [2.75, 3.05) is 11.6 Å². The first-order valence-corrected chi connectivity index (χ1v) is 9.41. The first-order valence-electron chi connectivity index (χ1n) is 7.52. The molecule has 5 nitrogen and oxygen atoms in total. The molecule has 0 aliphatic carbocycles. The van der Waals surface area contributed by atoms with Gasteiger partial charge in [0.15, 0.2) is 15.9 Å². The maximum absolute atomic E-state index is 12.3. The first kappa shape index (κ1) is 18.0. The van der Waals surface area contributed by atoms with E-state index in [2.05, 4.69) is 5.32 Å². The predicted molar refractivity (Wildman–Crippen MR) is 94.2 cm³/mol. The Balaban J connectivity index is 2.06. The SMILES string of the molecule is Cc1cccc(C)c1NC(=O)C(C)Oc1ccc(S(C)(=O)=O)cc1. The average Bonchev–Trinajstić information content (AvgIpc) is 2.50. The van der Waals surface area contributed by atoms with Crippen LogP contribution in [0.15, 0.2) is 47.4 Å². The molecule has 0 bridgehead atoms. The monoisotopic (exact) mass is 347 g/mol. The summed E-state index contributed by atoms with van der Waals surface area (Å²) in [6, 6.07) is 11.8. The zero-order valence-electron chi connectivity index (χ0n) is 14.2. The van der Waals surface area contributed by atoms with E-state index >= 15 is 0 Å². The third-order valence-corrected chi connectivity index (χ3v) is 4.79. The lowest BCUT2D eigenvalue weighted by atomic mass is 10.1. The summed E-state index contributed by atoms with van der Waals surface area (Å²) in [5, 5.41) is 2.87. The number of rotatable bonds is 5. The van der Waals surface area contributed by atoms with Gasteiger partial charge in [0.1, 0.15) is 5.75 Å². The van der Waals surface area contributed by atoms with E-state index in [1.165, 1.54) is 12.1 Å². The van der Waals surface area contributed by atoms with Crippen LogP contribution in [0, 0.1) is 13.8 Å². The number of nitrogens with one attached hydrogen (secondary N) is 1. The van der Waals surface area contributed by atoms with Gasteiger partial charge in [0.25, 0.3) is 5.91 Å². The Kier molecular flexibility index (Phi) is 5.29. The highest BCUT2D eigenvalue weighted by Crippen LogP contribution is 2.21. The molecule has 0 spiro atoms. The van der Waals surface area contributed by atoms with Gasteiger partial charge in [0.05, 0.1) is 4.90 Å². The third-order valence-electron chi connectivity index (χ3n) is 3.66. The molecule has 0 aromatic heterocycles. The summed E-state index contributed by atoms with van der Waals surface area (Å²) in [4.78, 5) is 12.5. The van der Waals surface area contributed by atoms with Crippen LogP contribution in [0.3, 0.4) is 0 Å². The van der Waals surface area contributed by atoms with Crippen LogP contribution >= 0.6 is 0 Å². The fourth-order valence-corrected chi connectivity index (χ4v) is 2.89. The second-order valence-electron chi connectivity index (χ2n) is 5.76. The van der Waals surface area contributed by atoms with Crippen molar-refractivity contribution in [1.82, 2.24) is 0 Å². The molecule has 2 rings (SSSR count). The van der Waals surface area contributed by atoms with Crippen LogP contribution in [0.4, 0.5) is 5.69 Å². The van der Waals surface area contributed by atoms with Crippen LogP contribution in [-0.2, 0) is 14.6 Å². The van der Waals surface area contributed by atoms with Crippen LogP contribution in [0.25, 0.3) is 0 Å². The Morgan fingerprint density at radius 3 is 2.08 bits per heavy atom. The van der Waals surface area contributed by atoms with Crippen LogP contribution in [0.5, 0.6) is 5.75 Å². The van der Waals surface area contributed by atoms with Crippen molar-refractivity contribution in [3.63, 3.8) is 0 Å². The number of carbonyl (C=O) groups excluding carboxylic acids is 1. The fourth-order valence-electron chi connectivity index (χ4n) is 2.26. The first-order chi connectivity index (χ1) is 11.2. The Labute approximate surface area is 142 Å². The van der Waals surface area contributed by atoms with Gasteiger partial charge in [-0.2, -0.15) is 0 Å². The van der Waals surface area contributed by atoms with Gasteiger partial charge >= 0.3 is 0 Å². The molecule has 6 heteroatoms. The number of ether oxygens (including phenoxy) is 1. The highest BCUT2D eigenvalue weighted by Gasteiger charge is 2.17. The molecule has 128 valence electrons. The summed E-state index contributed by atoms with van der Waals surface area (Å²) in [6.07, 6.45) is 0.428. The number of para-hydroxylation sites is 1. The lowest BCUT2D eigenvalue weighted by Gasteiger charge is -2.17. The lowest BCUT2D eigenvalue weighted by Crippen LogP contribution is -2.30. The molecule has 1 atom stereocenters. The van der Waals surface area contributed by atoms with E-state index in [0.29, 0.717) is 5.75 Å². The number of amides is 1. The normalized spacial score (nSPS) is 12.5. The van der Waals surface area contributed by atoms with Gasteiger partial charge in [0, 0.05) is 11.9 Å². The highest BCUT2D eigenvalue weighted by atomic mass is 32.2. The predicted octanol–water partition coefficient (Wildman–Crippen LogP) is 3.11. The van der Waals surface area contributed by atoms with Crippen molar-refractivity contribution in [2.24, 2.45) is 0 Å². The summed E-state index contributed by atoms with van der Waals surface area (Å²) in [5.74, 6) is 0.172. The average molecular weight is 347 g/mol. The molecule has 1 amide bonds. The Morgan fingerprint density at radius 1 is 1.04 bits per heavy atom. The topological polar surface area (TPSA) is 72.5 Å². The van der Waals surface area contributed by atoms with Gasteiger partial charge < -0.3 is 10.1 Å². The second kappa shape index (κ2) is 7.05. The molecule has 2 aromatic carbocycles. The molecule has 0 heterocycles. The maximum Gasteiger partial charge on any atom is 0.265 e. The Morgan fingerprint density at radius 2 is 1.58 bits per heavy atom. The minimum atomic E-state index is -3.25. The summed E-state index contributed by atoms with van der Waals surface area (Å²) in [5.41, 5.74) is 2.74. The zero-order chi connectivity index (χ0) is 17.9. The van der Waals surface area contributed by atoms with Gasteiger partial charge in [-0.1, -0.05) is 18.2 Å². The number of benzene rings is 2. The van der Waals surface area contributed by atoms with Crippen molar-refractivity contribution in [2.45, 2.75) is 31.8 Å². The van der Waals surface area contributed by atoms with Crippen molar-refractivity contribution in [1.29, 1.82) is 0 Å². The zero-order valence-corrected chi connectivity index (χ0v) is 15.0. The van der Waals surface area contributed by atoms with Crippen molar-refractivity contribution in [3.05, 3.63) is 53.6 Å². The standard InChI is InChI=1S/C18H21NO4S/c1-12-6-5-7-13(2)17(12)19-18(20)14(3)23-15-8-10-16(11-9-15)24(4,21)22/h5-11,14H,1-4H3,(H,19,20). The fraction of sp³-hybridized carbons (Fsp3) is 0.278. The number of hydrogen-bond acceptors (Lipinski definition) is 4. The molecule has 0 saturated carbocycles. The van der Waals surface area contributed by atoms with E-state index in [4.69, 9.17) is 4.74 Å². The van der Waals surface area contributed by atoms with E-state index in [1.54, 1.807) is 19.1 Å². The second-order valence-corrected chi connectivity index (χ2v) is 7.78.